The van der Waals surface area contributed by atoms with Gasteiger partial charge in [-0.15, -0.1) is 0 Å². The maximum absolute atomic E-state index is 9.22. The number of phenols is 1. The number of hydrogen-bond donors (Lipinski definition) is 1. The van der Waals surface area contributed by atoms with Crippen LogP contribution in [0, 0.1) is 5.41 Å². The first-order valence-corrected chi connectivity index (χ1v) is 6.11. The SMILES string of the molecule is CC1=CC(C)(C)CCC1Oc1ccc(O)cc1. The molecule has 1 aliphatic rings. The molecule has 2 nitrogen and oxygen atoms in total. The van der Waals surface area contributed by atoms with E-state index in [0.29, 0.717) is 5.41 Å². The first kappa shape index (κ1) is 12.0. The quantitative estimate of drug-likeness (QED) is 0.783. The molecular weight excluding hydrogens is 212 g/mol. The number of phenolic OH excluding ortho intramolecular Hbond substituents is 1. The maximum Gasteiger partial charge on any atom is 0.120 e. The molecule has 0 heterocycles. The number of benzene rings is 1. The van der Waals surface area contributed by atoms with Gasteiger partial charge in [0.15, 0.2) is 0 Å². The van der Waals surface area contributed by atoms with Crippen molar-refractivity contribution < 1.29 is 9.84 Å². The van der Waals surface area contributed by atoms with E-state index in [2.05, 4.69) is 26.8 Å². The first-order chi connectivity index (χ1) is 7.96. The molecule has 0 bridgehead atoms. The van der Waals surface area contributed by atoms with Crippen molar-refractivity contribution in [3.63, 3.8) is 0 Å². The highest BCUT2D eigenvalue weighted by atomic mass is 16.5. The van der Waals surface area contributed by atoms with Crippen LogP contribution < -0.4 is 4.74 Å². The van der Waals surface area contributed by atoms with Gasteiger partial charge in [-0.05, 0) is 55.0 Å². The zero-order valence-corrected chi connectivity index (χ0v) is 10.7. The number of aromatic hydroxyl groups is 1. The highest BCUT2D eigenvalue weighted by Gasteiger charge is 2.26. The third-order valence-electron chi connectivity index (χ3n) is 3.29. The number of ether oxygens (including phenoxy) is 1. The average Bonchev–Trinajstić information content (AvgIpc) is 2.24. The van der Waals surface area contributed by atoms with Gasteiger partial charge in [0.05, 0.1) is 0 Å². The Balaban J connectivity index is 2.08. The molecule has 1 aliphatic carbocycles. The van der Waals surface area contributed by atoms with Crippen LogP contribution in [0.3, 0.4) is 0 Å². The molecule has 1 atom stereocenters. The summed E-state index contributed by atoms with van der Waals surface area (Å²) in [5.74, 6) is 1.09. The molecule has 1 N–H and O–H groups in total. The van der Waals surface area contributed by atoms with Crippen LogP contribution in [-0.2, 0) is 0 Å². The summed E-state index contributed by atoms with van der Waals surface area (Å²) in [4.78, 5) is 0. The number of allylic oxidation sites excluding steroid dienone is 1. The standard InChI is InChI=1S/C15H20O2/c1-11-10-15(2,3)9-8-14(11)17-13-6-4-12(16)5-7-13/h4-7,10,14,16H,8-9H2,1-3H3. The smallest absolute Gasteiger partial charge is 0.120 e. The van der Waals surface area contributed by atoms with E-state index in [9.17, 15) is 5.11 Å². The Hall–Kier alpha value is -1.44. The molecule has 0 spiro atoms. The van der Waals surface area contributed by atoms with E-state index in [0.717, 1.165) is 18.6 Å². The molecule has 1 aromatic carbocycles. The highest BCUT2D eigenvalue weighted by Crippen LogP contribution is 2.35. The lowest BCUT2D eigenvalue weighted by Gasteiger charge is -2.32. The largest absolute Gasteiger partial charge is 0.508 e. The van der Waals surface area contributed by atoms with Gasteiger partial charge in [0.1, 0.15) is 17.6 Å². The lowest BCUT2D eigenvalue weighted by molar-refractivity contribution is 0.190. The molecule has 0 saturated heterocycles. The van der Waals surface area contributed by atoms with Crippen molar-refractivity contribution in [1.29, 1.82) is 0 Å². The van der Waals surface area contributed by atoms with E-state index in [1.807, 2.05) is 12.1 Å². The van der Waals surface area contributed by atoms with Gasteiger partial charge in [0.25, 0.3) is 0 Å². The van der Waals surface area contributed by atoms with Crippen LogP contribution >= 0.6 is 0 Å². The van der Waals surface area contributed by atoms with Crippen molar-refractivity contribution in [2.24, 2.45) is 5.41 Å². The lowest BCUT2D eigenvalue weighted by Crippen LogP contribution is -2.27. The van der Waals surface area contributed by atoms with Crippen molar-refractivity contribution in [3.05, 3.63) is 35.9 Å². The van der Waals surface area contributed by atoms with Crippen molar-refractivity contribution >= 4 is 0 Å². The topological polar surface area (TPSA) is 29.5 Å². The summed E-state index contributed by atoms with van der Waals surface area (Å²) in [5.41, 5.74) is 1.59. The van der Waals surface area contributed by atoms with Gasteiger partial charge in [0, 0.05) is 0 Å². The van der Waals surface area contributed by atoms with Gasteiger partial charge in [0.2, 0.25) is 0 Å². The van der Waals surface area contributed by atoms with E-state index < -0.39 is 0 Å². The van der Waals surface area contributed by atoms with Crippen LogP contribution in [0.4, 0.5) is 0 Å². The van der Waals surface area contributed by atoms with Crippen LogP contribution in [0.1, 0.15) is 33.6 Å². The Kier molecular flexibility index (Phi) is 3.14. The molecular formula is C15H20O2. The van der Waals surface area contributed by atoms with Crippen LogP contribution in [0.5, 0.6) is 11.5 Å². The molecule has 0 saturated carbocycles. The normalized spacial score (nSPS) is 23.0. The third-order valence-corrected chi connectivity index (χ3v) is 3.29. The minimum absolute atomic E-state index is 0.174. The molecule has 0 radical (unpaired) electrons. The molecule has 0 aliphatic heterocycles. The highest BCUT2D eigenvalue weighted by molar-refractivity contribution is 5.31. The second-order valence-electron chi connectivity index (χ2n) is 5.52. The van der Waals surface area contributed by atoms with E-state index in [4.69, 9.17) is 4.74 Å². The molecule has 2 rings (SSSR count). The summed E-state index contributed by atoms with van der Waals surface area (Å²) in [6, 6.07) is 6.92. The van der Waals surface area contributed by atoms with E-state index in [-0.39, 0.29) is 11.9 Å². The van der Waals surface area contributed by atoms with Crippen molar-refractivity contribution in [1.82, 2.24) is 0 Å². The molecule has 17 heavy (non-hydrogen) atoms. The molecule has 0 fully saturated rings. The van der Waals surface area contributed by atoms with E-state index in [1.165, 1.54) is 5.57 Å². The average molecular weight is 232 g/mol. The maximum atomic E-state index is 9.22. The molecule has 2 heteroatoms. The van der Waals surface area contributed by atoms with Gasteiger partial charge in [-0.1, -0.05) is 19.9 Å². The summed E-state index contributed by atoms with van der Waals surface area (Å²) in [7, 11) is 0. The predicted molar refractivity (Wildman–Crippen MR) is 69.3 cm³/mol. The number of rotatable bonds is 2. The molecule has 0 amide bonds. The van der Waals surface area contributed by atoms with Crippen LogP contribution in [0.2, 0.25) is 0 Å². The minimum Gasteiger partial charge on any atom is -0.508 e. The minimum atomic E-state index is 0.174. The lowest BCUT2D eigenvalue weighted by atomic mass is 9.79. The molecule has 1 aromatic rings. The summed E-state index contributed by atoms with van der Waals surface area (Å²) < 4.78 is 5.94. The number of hydrogen-bond acceptors (Lipinski definition) is 2. The molecule has 0 aromatic heterocycles. The Morgan fingerprint density at radius 1 is 1.24 bits per heavy atom. The van der Waals surface area contributed by atoms with E-state index in [1.54, 1.807) is 12.1 Å². The van der Waals surface area contributed by atoms with Gasteiger partial charge in [-0.2, -0.15) is 0 Å². The molecule has 1 unspecified atom stereocenters. The third kappa shape index (κ3) is 3.02. The summed E-state index contributed by atoms with van der Waals surface area (Å²) in [6.45, 7) is 6.65. The summed E-state index contributed by atoms with van der Waals surface area (Å²) >= 11 is 0. The van der Waals surface area contributed by atoms with Gasteiger partial charge < -0.3 is 9.84 Å². The monoisotopic (exact) mass is 232 g/mol. The predicted octanol–water partition coefficient (Wildman–Crippen LogP) is 3.91. The first-order valence-electron chi connectivity index (χ1n) is 6.11. The van der Waals surface area contributed by atoms with Gasteiger partial charge >= 0.3 is 0 Å². The zero-order chi connectivity index (χ0) is 12.5. The Morgan fingerprint density at radius 3 is 2.47 bits per heavy atom. The van der Waals surface area contributed by atoms with Crippen molar-refractivity contribution in [3.8, 4) is 11.5 Å². The van der Waals surface area contributed by atoms with E-state index >= 15 is 0 Å². The van der Waals surface area contributed by atoms with Crippen LogP contribution in [0.25, 0.3) is 0 Å². The van der Waals surface area contributed by atoms with Gasteiger partial charge in [-0.3, -0.25) is 0 Å². The Bertz CT molecular complexity index is 415. The second-order valence-corrected chi connectivity index (χ2v) is 5.52. The summed E-state index contributed by atoms with van der Waals surface area (Å²) in [5, 5.41) is 9.22. The fraction of sp³-hybridized carbons (Fsp3) is 0.467. The molecule has 92 valence electrons. The summed E-state index contributed by atoms with van der Waals surface area (Å²) in [6.07, 6.45) is 4.68. The Morgan fingerprint density at radius 2 is 1.88 bits per heavy atom. The second kappa shape index (κ2) is 4.44. The van der Waals surface area contributed by atoms with Crippen LogP contribution in [-0.4, -0.2) is 11.2 Å². The van der Waals surface area contributed by atoms with Crippen LogP contribution in [0.15, 0.2) is 35.9 Å². The van der Waals surface area contributed by atoms with Crippen molar-refractivity contribution in [2.75, 3.05) is 0 Å². The fourth-order valence-corrected chi connectivity index (χ4v) is 2.35. The van der Waals surface area contributed by atoms with Gasteiger partial charge in [-0.25, -0.2) is 0 Å². The fourth-order valence-electron chi connectivity index (χ4n) is 2.35. The zero-order valence-electron chi connectivity index (χ0n) is 10.7. The Labute approximate surface area is 103 Å². The van der Waals surface area contributed by atoms with Crippen molar-refractivity contribution in [2.45, 2.75) is 39.7 Å².